The third kappa shape index (κ3) is 2.34. The number of hydrogen-bond acceptors (Lipinski definition) is 2. The van der Waals surface area contributed by atoms with Crippen LogP contribution in [0.3, 0.4) is 0 Å². The molecule has 1 amide bonds. The van der Waals surface area contributed by atoms with Gasteiger partial charge in [-0.1, -0.05) is 18.2 Å². The number of carbonyl (C=O) groups is 1. The van der Waals surface area contributed by atoms with Gasteiger partial charge in [0.25, 0.3) is 5.91 Å². The first-order valence-electron chi connectivity index (χ1n) is 5.19. The zero-order valence-corrected chi connectivity index (χ0v) is 9.67. The second-order valence-electron chi connectivity index (χ2n) is 3.80. The number of benzene rings is 1. The minimum atomic E-state index is 0.142. The normalized spacial score (nSPS) is 20.2. The highest BCUT2D eigenvalue weighted by molar-refractivity contribution is 7.99. The van der Waals surface area contributed by atoms with E-state index in [2.05, 4.69) is 0 Å². The van der Waals surface area contributed by atoms with Gasteiger partial charge >= 0.3 is 0 Å². The van der Waals surface area contributed by atoms with E-state index in [4.69, 9.17) is 0 Å². The summed E-state index contributed by atoms with van der Waals surface area (Å²) in [5.41, 5.74) is 0.789. The highest BCUT2D eigenvalue weighted by Crippen LogP contribution is 2.22. The van der Waals surface area contributed by atoms with Crippen LogP contribution >= 0.6 is 11.8 Å². The lowest BCUT2D eigenvalue weighted by molar-refractivity contribution is 0.0748. The molecular formula is C12H15NOS. The predicted molar refractivity (Wildman–Crippen MR) is 64.3 cm³/mol. The summed E-state index contributed by atoms with van der Waals surface area (Å²) in [5, 5.41) is 0. The van der Waals surface area contributed by atoms with Gasteiger partial charge in [-0.3, -0.25) is 4.79 Å². The molecule has 1 saturated heterocycles. The summed E-state index contributed by atoms with van der Waals surface area (Å²) in [4.78, 5) is 13.9. The van der Waals surface area contributed by atoms with Gasteiger partial charge in [-0.25, -0.2) is 0 Å². The van der Waals surface area contributed by atoms with Gasteiger partial charge in [0.05, 0.1) is 0 Å². The maximum Gasteiger partial charge on any atom is 0.253 e. The molecule has 0 bridgehead atoms. The van der Waals surface area contributed by atoms with Gasteiger partial charge in [-0.15, -0.1) is 0 Å². The summed E-state index contributed by atoms with van der Waals surface area (Å²) >= 11 is 1.93. The number of amides is 1. The lowest BCUT2D eigenvalue weighted by Gasteiger charge is -2.23. The molecular weight excluding hydrogens is 206 g/mol. The number of nitrogens with zero attached hydrogens (tertiary/aromatic N) is 1. The van der Waals surface area contributed by atoms with Crippen molar-refractivity contribution in [3.8, 4) is 0 Å². The molecule has 0 N–H and O–H groups in total. The van der Waals surface area contributed by atoms with Crippen molar-refractivity contribution < 1.29 is 4.79 Å². The molecule has 1 fully saturated rings. The van der Waals surface area contributed by atoms with Crippen molar-refractivity contribution in [2.45, 2.75) is 12.5 Å². The van der Waals surface area contributed by atoms with Gasteiger partial charge in [0.1, 0.15) is 0 Å². The van der Waals surface area contributed by atoms with Crippen LogP contribution in [0.2, 0.25) is 0 Å². The summed E-state index contributed by atoms with van der Waals surface area (Å²) in [5.74, 6) is 2.40. The van der Waals surface area contributed by atoms with Gasteiger partial charge in [0, 0.05) is 24.4 Å². The van der Waals surface area contributed by atoms with Crippen molar-refractivity contribution in [3.63, 3.8) is 0 Å². The van der Waals surface area contributed by atoms with Crippen molar-refractivity contribution in [2.75, 3.05) is 18.6 Å². The van der Waals surface area contributed by atoms with E-state index in [1.807, 2.05) is 54.0 Å². The Kier molecular flexibility index (Phi) is 3.31. The fourth-order valence-electron chi connectivity index (χ4n) is 1.78. The Labute approximate surface area is 94.7 Å². The van der Waals surface area contributed by atoms with Crippen molar-refractivity contribution in [1.29, 1.82) is 0 Å². The highest BCUT2D eigenvalue weighted by atomic mass is 32.2. The zero-order valence-electron chi connectivity index (χ0n) is 8.85. The molecule has 2 rings (SSSR count). The van der Waals surface area contributed by atoms with Gasteiger partial charge in [-0.2, -0.15) is 11.8 Å². The second-order valence-corrected chi connectivity index (χ2v) is 4.95. The molecule has 1 aliphatic rings. The molecule has 0 saturated carbocycles. The van der Waals surface area contributed by atoms with Crippen LogP contribution in [0.5, 0.6) is 0 Å². The molecule has 1 heterocycles. The molecule has 0 spiro atoms. The Morgan fingerprint density at radius 2 is 2.13 bits per heavy atom. The van der Waals surface area contributed by atoms with Crippen LogP contribution in [-0.2, 0) is 0 Å². The summed E-state index contributed by atoms with van der Waals surface area (Å²) < 4.78 is 0. The second kappa shape index (κ2) is 4.71. The molecule has 2 nitrogen and oxygen atoms in total. The highest BCUT2D eigenvalue weighted by Gasteiger charge is 2.24. The molecule has 1 aromatic carbocycles. The Balaban J connectivity index is 2.07. The van der Waals surface area contributed by atoms with Gasteiger partial charge in [0.2, 0.25) is 0 Å². The fraction of sp³-hybridized carbons (Fsp3) is 0.417. The first-order chi connectivity index (χ1) is 7.29. The van der Waals surface area contributed by atoms with Crippen LogP contribution < -0.4 is 0 Å². The zero-order chi connectivity index (χ0) is 10.7. The predicted octanol–water partition coefficient (Wildman–Crippen LogP) is 2.26. The van der Waals surface area contributed by atoms with E-state index in [-0.39, 0.29) is 5.91 Å². The van der Waals surface area contributed by atoms with Crippen LogP contribution in [0.1, 0.15) is 16.8 Å². The van der Waals surface area contributed by atoms with E-state index < -0.39 is 0 Å². The van der Waals surface area contributed by atoms with Crippen molar-refractivity contribution in [1.82, 2.24) is 4.90 Å². The first-order valence-corrected chi connectivity index (χ1v) is 6.34. The monoisotopic (exact) mass is 221 g/mol. The smallest absolute Gasteiger partial charge is 0.253 e. The lowest BCUT2D eigenvalue weighted by atomic mass is 10.1. The van der Waals surface area contributed by atoms with Gasteiger partial charge in [0.15, 0.2) is 0 Å². The van der Waals surface area contributed by atoms with Crippen molar-refractivity contribution in [3.05, 3.63) is 35.9 Å². The minimum Gasteiger partial charge on any atom is -0.338 e. The molecule has 1 aromatic rings. The average Bonchev–Trinajstić information content (AvgIpc) is 2.82. The van der Waals surface area contributed by atoms with E-state index in [1.165, 1.54) is 5.75 Å². The third-order valence-corrected chi connectivity index (χ3v) is 3.94. The SMILES string of the molecule is CN(C(=O)c1ccccc1)C1CCSC1. The van der Waals surface area contributed by atoms with Crippen molar-refractivity contribution in [2.24, 2.45) is 0 Å². The molecule has 1 unspecified atom stereocenters. The van der Waals surface area contributed by atoms with E-state index in [1.54, 1.807) is 0 Å². The standard InChI is InChI=1S/C12H15NOS/c1-13(11-7-8-15-9-11)12(14)10-5-3-2-4-6-10/h2-6,11H,7-9H2,1H3. The average molecular weight is 221 g/mol. The molecule has 0 aliphatic carbocycles. The number of thioether (sulfide) groups is 1. The third-order valence-electron chi connectivity index (χ3n) is 2.79. The van der Waals surface area contributed by atoms with E-state index in [9.17, 15) is 4.79 Å². The van der Waals surface area contributed by atoms with Gasteiger partial charge < -0.3 is 4.90 Å². The molecule has 15 heavy (non-hydrogen) atoms. The Hall–Kier alpha value is -0.960. The summed E-state index contributed by atoms with van der Waals surface area (Å²) in [6.45, 7) is 0. The Morgan fingerprint density at radius 1 is 1.40 bits per heavy atom. The number of rotatable bonds is 2. The summed E-state index contributed by atoms with van der Waals surface area (Å²) in [6.07, 6.45) is 1.12. The number of carbonyl (C=O) groups excluding carboxylic acids is 1. The van der Waals surface area contributed by atoms with Crippen LogP contribution in [0, 0.1) is 0 Å². The van der Waals surface area contributed by atoms with Crippen LogP contribution in [0.25, 0.3) is 0 Å². The van der Waals surface area contributed by atoms with Crippen LogP contribution in [-0.4, -0.2) is 35.4 Å². The fourth-order valence-corrected chi connectivity index (χ4v) is 3.05. The topological polar surface area (TPSA) is 20.3 Å². The number of hydrogen-bond donors (Lipinski definition) is 0. The molecule has 80 valence electrons. The molecule has 1 aliphatic heterocycles. The summed E-state index contributed by atoms with van der Waals surface area (Å²) in [7, 11) is 1.91. The Morgan fingerprint density at radius 3 is 2.73 bits per heavy atom. The summed E-state index contributed by atoms with van der Waals surface area (Å²) in [6, 6.07) is 9.92. The Bertz CT molecular complexity index is 333. The minimum absolute atomic E-state index is 0.142. The van der Waals surface area contributed by atoms with Crippen molar-refractivity contribution >= 4 is 17.7 Å². The molecule has 3 heteroatoms. The molecule has 0 aromatic heterocycles. The van der Waals surface area contributed by atoms with E-state index in [0.29, 0.717) is 6.04 Å². The quantitative estimate of drug-likeness (QED) is 0.763. The first kappa shape index (κ1) is 10.6. The maximum absolute atomic E-state index is 12.0. The van der Waals surface area contributed by atoms with E-state index >= 15 is 0 Å². The van der Waals surface area contributed by atoms with E-state index in [0.717, 1.165) is 17.7 Å². The lowest BCUT2D eigenvalue weighted by Crippen LogP contribution is -2.36. The van der Waals surface area contributed by atoms with Gasteiger partial charge in [-0.05, 0) is 24.3 Å². The van der Waals surface area contributed by atoms with Crippen LogP contribution in [0.15, 0.2) is 30.3 Å². The van der Waals surface area contributed by atoms with Crippen LogP contribution in [0.4, 0.5) is 0 Å². The maximum atomic E-state index is 12.0. The molecule has 0 radical (unpaired) electrons. The largest absolute Gasteiger partial charge is 0.338 e. The molecule has 1 atom stereocenters.